The van der Waals surface area contributed by atoms with Crippen molar-refractivity contribution in [1.82, 2.24) is 19.4 Å². The summed E-state index contributed by atoms with van der Waals surface area (Å²) in [5.41, 5.74) is -0.299. The van der Waals surface area contributed by atoms with E-state index in [2.05, 4.69) is 15.0 Å². The number of hydrogen-bond acceptors (Lipinski definition) is 4. The lowest BCUT2D eigenvalue weighted by Gasteiger charge is -2.21. The Kier molecular flexibility index (Phi) is 6.63. The number of pyridine rings is 1. The summed E-state index contributed by atoms with van der Waals surface area (Å²) in [6, 6.07) is 3.28. The Morgan fingerprint density at radius 3 is 2.47 bits per heavy atom. The molecule has 0 amide bonds. The highest BCUT2D eigenvalue weighted by atomic mass is 35.5. The van der Waals surface area contributed by atoms with E-state index in [-0.39, 0.29) is 38.8 Å². The van der Waals surface area contributed by atoms with E-state index in [1.54, 1.807) is 24.4 Å². The maximum atomic E-state index is 15.2. The summed E-state index contributed by atoms with van der Waals surface area (Å²) in [7, 11) is 0. The van der Waals surface area contributed by atoms with Crippen molar-refractivity contribution in [3.8, 4) is 16.9 Å². The van der Waals surface area contributed by atoms with Crippen molar-refractivity contribution in [2.75, 3.05) is 6.61 Å². The van der Waals surface area contributed by atoms with Gasteiger partial charge in [-0.05, 0) is 19.1 Å². The highest BCUT2D eigenvalue weighted by Gasteiger charge is 2.33. The summed E-state index contributed by atoms with van der Waals surface area (Å²) < 4.78 is 61.6. The van der Waals surface area contributed by atoms with Gasteiger partial charge in [0.25, 0.3) is 0 Å². The molecule has 12 heteroatoms. The van der Waals surface area contributed by atoms with Crippen molar-refractivity contribution in [3.63, 3.8) is 0 Å². The largest absolute Gasteiger partial charge is 0.493 e. The average molecular weight is 534 g/mol. The van der Waals surface area contributed by atoms with E-state index in [4.69, 9.17) is 39.5 Å². The van der Waals surface area contributed by atoms with E-state index in [0.717, 1.165) is 18.3 Å². The van der Waals surface area contributed by atoms with Crippen molar-refractivity contribution in [1.29, 1.82) is 0 Å². The van der Waals surface area contributed by atoms with Gasteiger partial charge in [-0.3, -0.25) is 9.38 Å². The molecule has 0 spiro atoms. The smallest absolute Gasteiger partial charge is 0.433 e. The molecule has 4 aromatic rings. The lowest BCUT2D eigenvalue weighted by atomic mass is 9.93. The van der Waals surface area contributed by atoms with Gasteiger partial charge < -0.3 is 4.74 Å². The monoisotopic (exact) mass is 532 g/mol. The number of aromatic nitrogens is 4. The summed E-state index contributed by atoms with van der Waals surface area (Å²) >= 11 is 18.7. The molecule has 3 aromatic heterocycles. The highest BCUT2D eigenvalue weighted by Crippen LogP contribution is 2.44. The summed E-state index contributed by atoms with van der Waals surface area (Å²) in [6.07, 6.45) is -0.602. The quantitative estimate of drug-likeness (QED) is 0.250. The predicted octanol–water partition coefficient (Wildman–Crippen LogP) is 7.46. The molecule has 0 aliphatic rings. The number of hydrogen-bond donors (Lipinski definition) is 0. The first-order chi connectivity index (χ1) is 16.0. The van der Waals surface area contributed by atoms with Crippen LogP contribution in [0.1, 0.15) is 36.8 Å². The van der Waals surface area contributed by atoms with Crippen LogP contribution in [-0.2, 0) is 6.18 Å². The second-order valence-corrected chi connectivity index (χ2v) is 8.37. The lowest BCUT2D eigenvalue weighted by molar-refractivity contribution is -0.141. The molecule has 3 heterocycles. The number of benzene rings is 1. The van der Waals surface area contributed by atoms with Gasteiger partial charge in [-0.15, -0.1) is 0 Å². The third-order valence-electron chi connectivity index (χ3n) is 5.18. The molecular weight excluding hydrogens is 519 g/mol. The number of nitrogens with zero attached hydrogens (tertiary/aromatic N) is 4. The standard InChI is InChI=1S/C22H15Cl3F4N4O/c1-3-34-18-12(10(2)21-32-20(25)17-19(24)30-6-7-33(17)21)8-13(23)16(26)15(18)11-4-5-14(31-9-11)22(27,28)29/h4-10H,3H2,1-2H3. The van der Waals surface area contributed by atoms with E-state index in [1.807, 2.05) is 0 Å². The van der Waals surface area contributed by atoms with Gasteiger partial charge in [0.15, 0.2) is 16.1 Å². The molecule has 0 aliphatic heterocycles. The molecule has 1 unspecified atom stereocenters. The highest BCUT2D eigenvalue weighted by molar-refractivity contribution is 6.38. The molecule has 0 fully saturated rings. The average Bonchev–Trinajstić information content (AvgIpc) is 3.13. The van der Waals surface area contributed by atoms with Gasteiger partial charge in [0.05, 0.1) is 17.2 Å². The summed E-state index contributed by atoms with van der Waals surface area (Å²) in [6.45, 7) is 3.63. The first-order valence-corrected chi connectivity index (χ1v) is 11.0. The molecule has 1 aromatic carbocycles. The predicted molar refractivity (Wildman–Crippen MR) is 121 cm³/mol. The fourth-order valence-electron chi connectivity index (χ4n) is 3.65. The normalized spacial score (nSPS) is 12.9. The number of ether oxygens (including phenoxy) is 1. The molecule has 0 saturated carbocycles. The molecule has 5 nitrogen and oxygen atoms in total. The van der Waals surface area contributed by atoms with Crippen LogP contribution < -0.4 is 4.74 Å². The maximum Gasteiger partial charge on any atom is 0.433 e. The Morgan fingerprint density at radius 2 is 1.85 bits per heavy atom. The molecular formula is C22H15Cl3F4N4O. The molecule has 0 aliphatic carbocycles. The zero-order valence-electron chi connectivity index (χ0n) is 17.6. The Morgan fingerprint density at radius 1 is 1.12 bits per heavy atom. The summed E-state index contributed by atoms with van der Waals surface area (Å²) in [5.74, 6) is -0.837. The van der Waals surface area contributed by atoms with Gasteiger partial charge in [0.2, 0.25) is 0 Å². The van der Waals surface area contributed by atoms with Crippen molar-refractivity contribution in [2.45, 2.75) is 25.9 Å². The Balaban J connectivity index is 1.93. The van der Waals surface area contributed by atoms with Crippen LogP contribution in [0.5, 0.6) is 5.75 Å². The fourth-order valence-corrected chi connectivity index (χ4v) is 4.41. The van der Waals surface area contributed by atoms with Gasteiger partial charge in [0.1, 0.15) is 22.8 Å². The number of halogens is 7. The van der Waals surface area contributed by atoms with Gasteiger partial charge in [0, 0.05) is 35.6 Å². The summed E-state index contributed by atoms with van der Waals surface area (Å²) in [4.78, 5) is 11.8. The van der Waals surface area contributed by atoms with Crippen LogP contribution in [0.15, 0.2) is 36.8 Å². The number of rotatable bonds is 5. The molecule has 4 rings (SSSR count). The van der Waals surface area contributed by atoms with Crippen molar-refractivity contribution in [3.05, 3.63) is 75.0 Å². The van der Waals surface area contributed by atoms with Crippen LogP contribution in [0.3, 0.4) is 0 Å². The van der Waals surface area contributed by atoms with E-state index in [0.29, 0.717) is 16.9 Å². The van der Waals surface area contributed by atoms with Crippen LogP contribution in [0.4, 0.5) is 17.6 Å². The second kappa shape index (κ2) is 9.20. The molecule has 0 saturated heterocycles. The first-order valence-electron chi connectivity index (χ1n) is 9.90. The van der Waals surface area contributed by atoms with Crippen molar-refractivity contribution in [2.24, 2.45) is 0 Å². The summed E-state index contributed by atoms with van der Waals surface area (Å²) in [5, 5.41) is 0.0299. The minimum Gasteiger partial charge on any atom is -0.493 e. The van der Waals surface area contributed by atoms with Crippen LogP contribution >= 0.6 is 34.8 Å². The topological polar surface area (TPSA) is 52.3 Å². The molecule has 1 atom stereocenters. The number of alkyl halides is 3. The Bertz CT molecular complexity index is 1370. The van der Waals surface area contributed by atoms with E-state index in [1.165, 1.54) is 12.3 Å². The fraction of sp³-hybridized carbons (Fsp3) is 0.227. The Labute approximate surface area is 206 Å². The first kappa shape index (κ1) is 24.5. The molecule has 178 valence electrons. The maximum absolute atomic E-state index is 15.2. The lowest BCUT2D eigenvalue weighted by Crippen LogP contribution is -2.09. The van der Waals surface area contributed by atoms with Crippen molar-refractivity contribution >= 4 is 40.3 Å². The number of imidazole rings is 1. The Hall–Kier alpha value is -2.62. The van der Waals surface area contributed by atoms with E-state index in [9.17, 15) is 13.2 Å². The second-order valence-electron chi connectivity index (χ2n) is 7.25. The molecule has 0 bridgehead atoms. The molecule has 0 radical (unpaired) electrons. The molecule has 0 N–H and O–H groups in total. The molecule has 34 heavy (non-hydrogen) atoms. The van der Waals surface area contributed by atoms with Crippen molar-refractivity contribution < 1.29 is 22.3 Å². The van der Waals surface area contributed by atoms with Gasteiger partial charge >= 0.3 is 6.18 Å². The SMILES string of the molecule is CCOc1c(C(C)c2nc(Cl)c3c(Cl)nccn23)cc(Cl)c(F)c1-c1ccc(C(F)(F)F)nc1. The van der Waals surface area contributed by atoms with Crippen LogP contribution in [0.2, 0.25) is 15.3 Å². The third-order valence-corrected chi connectivity index (χ3v) is 6.00. The van der Waals surface area contributed by atoms with E-state index >= 15 is 4.39 Å². The zero-order chi connectivity index (χ0) is 24.8. The van der Waals surface area contributed by atoms with Gasteiger partial charge in [-0.1, -0.05) is 47.8 Å². The van der Waals surface area contributed by atoms with Crippen LogP contribution in [-0.4, -0.2) is 26.0 Å². The zero-order valence-corrected chi connectivity index (χ0v) is 19.9. The van der Waals surface area contributed by atoms with Gasteiger partial charge in [-0.25, -0.2) is 14.4 Å². The van der Waals surface area contributed by atoms with Crippen LogP contribution in [0, 0.1) is 5.82 Å². The number of fused-ring (bicyclic) bond motifs is 1. The van der Waals surface area contributed by atoms with Crippen LogP contribution in [0.25, 0.3) is 16.6 Å². The van der Waals surface area contributed by atoms with E-state index < -0.39 is 23.6 Å². The third kappa shape index (κ3) is 4.28. The van der Waals surface area contributed by atoms with Gasteiger partial charge in [-0.2, -0.15) is 13.2 Å². The minimum absolute atomic E-state index is 0.0724. The minimum atomic E-state index is -4.63.